The van der Waals surface area contributed by atoms with Crippen molar-refractivity contribution in [2.24, 2.45) is 5.14 Å². The van der Waals surface area contributed by atoms with Crippen LogP contribution < -0.4 is 10.5 Å². The fourth-order valence-electron chi connectivity index (χ4n) is 2.11. The molecule has 3 aromatic rings. The minimum atomic E-state index is -3.78. The van der Waals surface area contributed by atoms with E-state index in [4.69, 9.17) is 5.14 Å². The molecule has 5 nitrogen and oxygen atoms in total. The summed E-state index contributed by atoms with van der Waals surface area (Å²) < 4.78 is 22.5. The Morgan fingerprint density at radius 3 is 2.55 bits per heavy atom. The van der Waals surface area contributed by atoms with Gasteiger partial charge in [-0.2, -0.15) is 0 Å². The van der Waals surface area contributed by atoms with Crippen LogP contribution in [0.2, 0.25) is 0 Å². The van der Waals surface area contributed by atoms with E-state index in [1.165, 1.54) is 11.4 Å². The highest BCUT2D eigenvalue weighted by Gasteiger charge is 2.15. The fourth-order valence-corrected chi connectivity index (χ4v) is 3.70. The van der Waals surface area contributed by atoms with Crippen LogP contribution in [0.5, 0.6) is 0 Å². The number of fused-ring (bicyclic) bond motifs is 1. The molecule has 1 heterocycles. The second-order valence-corrected chi connectivity index (χ2v) is 7.38. The summed E-state index contributed by atoms with van der Waals surface area (Å²) >= 11 is 0.925. The molecule has 0 radical (unpaired) electrons. The van der Waals surface area contributed by atoms with Gasteiger partial charge in [0.25, 0.3) is 5.91 Å². The molecule has 0 aliphatic carbocycles. The normalized spacial score (nSPS) is 11.5. The highest BCUT2D eigenvalue weighted by Crippen LogP contribution is 2.25. The summed E-state index contributed by atoms with van der Waals surface area (Å²) in [4.78, 5) is 12.3. The topological polar surface area (TPSA) is 89.3 Å². The number of nitrogens with one attached hydrogen (secondary N) is 1. The van der Waals surface area contributed by atoms with Gasteiger partial charge in [-0.05, 0) is 17.5 Å². The molecule has 0 aliphatic heterocycles. The number of amides is 1. The van der Waals surface area contributed by atoms with Crippen molar-refractivity contribution in [3.8, 4) is 0 Å². The van der Waals surface area contributed by atoms with Crippen LogP contribution in [0, 0.1) is 0 Å². The monoisotopic (exact) mass is 332 g/mol. The maximum atomic E-state index is 12.3. The van der Waals surface area contributed by atoms with E-state index in [0.717, 1.165) is 22.1 Å². The first kappa shape index (κ1) is 14.7. The predicted octanol–water partition coefficient (Wildman–Crippen LogP) is 2.80. The van der Waals surface area contributed by atoms with Crippen molar-refractivity contribution >= 4 is 43.7 Å². The van der Waals surface area contributed by atoms with E-state index >= 15 is 0 Å². The largest absolute Gasteiger partial charge is 0.321 e. The molecule has 1 aromatic heterocycles. The summed E-state index contributed by atoms with van der Waals surface area (Å²) in [7, 11) is -3.78. The van der Waals surface area contributed by atoms with Gasteiger partial charge in [0.2, 0.25) is 10.0 Å². The Kier molecular flexibility index (Phi) is 3.69. The average molecular weight is 332 g/mol. The van der Waals surface area contributed by atoms with Gasteiger partial charge in [0.1, 0.15) is 4.21 Å². The van der Waals surface area contributed by atoms with Crippen LogP contribution in [-0.2, 0) is 10.0 Å². The minimum absolute atomic E-state index is 0.0319. The molecular formula is C15H12N2O3S2. The summed E-state index contributed by atoms with van der Waals surface area (Å²) in [5, 5.41) is 11.2. The van der Waals surface area contributed by atoms with Gasteiger partial charge >= 0.3 is 0 Å². The van der Waals surface area contributed by atoms with Crippen LogP contribution in [0.3, 0.4) is 0 Å². The lowest BCUT2D eigenvalue weighted by Crippen LogP contribution is -2.12. The molecule has 0 saturated carbocycles. The van der Waals surface area contributed by atoms with Gasteiger partial charge in [-0.1, -0.05) is 36.4 Å². The number of carbonyl (C=O) groups is 1. The number of thiophene rings is 1. The number of anilines is 1. The molecular weight excluding hydrogens is 320 g/mol. The van der Waals surface area contributed by atoms with Crippen molar-refractivity contribution in [3.63, 3.8) is 0 Å². The third kappa shape index (κ3) is 2.87. The minimum Gasteiger partial charge on any atom is -0.321 e. The van der Waals surface area contributed by atoms with Crippen molar-refractivity contribution in [1.29, 1.82) is 0 Å². The Morgan fingerprint density at radius 2 is 1.82 bits per heavy atom. The number of sulfonamides is 1. The van der Waals surface area contributed by atoms with Crippen LogP contribution in [0.15, 0.2) is 58.1 Å². The van der Waals surface area contributed by atoms with Crippen molar-refractivity contribution in [1.82, 2.24) is 0 Å². The molecule has 3 rings (SSSR count). The lowest BCUT2D eigenvalue weighted by molar-refractivity contribution is 0.102. The number of benzene rings is 2. The molecule has 7 heteroatoms. The maximum Gasteiger partial charge on any atom is 0.256 e. The summed E-state index contributed by atoms with van der Waals surface area (Å²) in [5.41, 5.74) is 0.938. The first-order chi connectivity index (χ1) is 10.4. The van der Waals surface area contributed by atoms with Crippen molar-refractivity contribution in [2.45, 2.75) is 4.21 Å². The molecule has 0 atom stereocenters. The van der Waals surface area contributed by atoms with E-state index in [2.05, 4.69) is 5.32 Å². The lowest BCUT2D eigenvalue weighted by Gasteiger charge is -2.07. The van der Waals surface area contributed by atoms with Crippen molar-refractivity contribution in [2.75, 3.05) is 5.32 Å². The Bertz CT molecular complexity index is 956. The number of primary sulfonamides is 1. The van der Waals surface area contributed by atoms with E-state index in [9.17, 15) is 13.2 Å². The number of carbonyl (C=O) groups excluding carboxylic acids is 1. The van der Waals surface area contributed by atoms with Crippen molar-refractivity contribution < 1.29 is 13.2 Å². The van der Waals surface area contributed by atoms with Crippen LogP contribution >= 0.6 is 11.3 Å². The van der Waals surface area contributed by atoms with E-state index < -0.39 is 10.0 Å². The summed E-state index contributed by atoms with van der Waals surface area (Å²) in [6, 6.07) is 14.6. The van der Waals surface area contributed by atoms with Gasteiger partial charge in [-0.25, -0.2) is 13.6 Å². The molecule has 3 N–H and O–H groups in total. The molecule has 0 spiro atoms. The second-order valence-electron chi connectivity index (χ2n) is 4.68. The van der Waals surface area contributed by atoms with Crippen molar-refractivity contribution in [3.05, 3.63) is 59.5 Å². The maximum absolute atomic E-state index is 12.3. The fraction of sp³-hybridized carbons (Fsp3) is 0. The lowest BCUT2D eigenvalue weighted by atomic mass is 10.1. The third-order valence-corrected chi connectivity index (χ3v) is 5.54. The summed E-state index contributed by atoms with van der Waals surface area (Å²) in [6.07, 6.45) is 0. The van der Waals surface area contributed by atoms with E-state index in [1.807, 2.05) is 36.4 Å². The van der Waals surface area contributed by atoms with E-state index in [-0.39, 0.29) is 15.7 Å². The van der Waals surface area contributed by atoms with Crippen LogP contribution in [0.4, 0.5) is 5.69 Å². The molecule has 22 heavy (non-hydrogen) atoms. The van der Waals surface area contributed by atoms with Gasteiger partial charge in [-0.15, -0.1) is 11.3 Å². The third-order valence-electron chi connectivity index (χ3n) is 3.16. The van der Waals surface area contributed by atoms with Gasteiger partial charge in [0.05, 0.1) is 5.56 Å². The predicted molar refractivity (Wildman–Crippen MR) is 87.6 cm³/mol. The van der Waals surface area contributed by atoms with Gasteiger partial charge in [-0.3, -0.25) is 4.79 Å². The smallest absolute Gasteiger partial charge is 0.256 e. The quantitative estimate of drug-likeness (QED) is 0.773. The number of hydrogen-bond acceptors (Lipinski definition) is 4. The molecule has 0 bridgehead atoms. The Balaban J connectivity index is 1.92. The molecule has 0 saturated heterocycles. The number of nitrogens with two attached hydrogens (primary N) is 1. The SMILES string of the molecule is NS(=O)(=O)c1cc(C(=O)Nc2cccc3ccccc23)cs1. The molecule has 0 unspecified atom stereocenters. The summed E-state index contributed by atoms with van der Waals surface area (Å²) in [5.74, 6) is -0.373. The van der Waals surface area contributed by atoms with Gasteiger partial charge in [0.15, 0.2) is 0 Å². The van der Waals surface area contributed by atoms with Crippen LogP contribution in [0.25, 0.3) is 10.8 Å². The van der Waals surface area contributed by atoms with E-state index in [0.29, 0.717) is 5.69 Å². The highest BCUT2D eigenvalue weighted by atomic mass is 32.2. The Hall–Kier alpha value is -2.22. The second kappa shape index (κ2) is 5.53. The van der Waals surface area contributed by atoms with Gasteiger partial charge in [0, 0.05) is 16.5 Å². The average Bonchev–Trinajstić information content (AvgIpc) is 2.98. The number of rotatable bonds is 3. The standard InChI is InChI=1S/C15H12N2O3S2/c16-22(19,20)14-8-11(9-21-14)15(18)17-13-7-3-5-10-4-1-2-6-12(10)13/h1-9H,(H,17,18)(H2,16,19,20). The molecule has 0 aliphatic rings. The molecule has 0 fully saturated rings. The summed E-state index contributed by atoms with van der Waals surface area (Å²) in [6.45, 7) is 0. The van der Waals surface area contributed by atoms with Gasteiger partial charge < -0.3 is 5.32 Å². The Labute approximate surface area is 131 Å². The Morgan fingerprint density at radius 1 is 1.09 bits per heavy atom. The van der Waals surface area contributed by atoms with E-state index in [1.54, 1.807) is 6.07 Å². The first-order valence-electron chi connectivity index (χ1n) is 6.35. The van der Waals surface area contributed by atoms with Crippen LogP contribution in [0.1, 0.15) is 10.4 Å². The zero-order valence-corrected chi connectivity index (χ0v) is 12.9. The van der Waals surface area contributed by atoms with Crippen LogP contribution in [-0.4, -0.2) is 14.3 Å². The zero-order valence-electron chi connectivity index (χ0n) is 11.3. The number of hydrogen-bond donors (Lipinski definition) is 2. The highest BCUT2D eigenvalue weighted by molar-refractivity contribution is 7.91. The zero-order chi connectivity index (χ0) is 15.7. The first-order valence-corrected chi connectivity index (χ1v) is 8.78. The molecule has 112 valence electrons. The molecule has 1 amide bonds. The molecule has 2 aromatic carbocycles.